The van der Waals surface area contributed by atoms with Crippen molar-refractivity contribution in [3.05, 3.63) is 37.6 Å². The minimum absolute atomic E-state index is 1.57. The molecule has 0 saturated heterocycles. The van der Waals surface area contributed by atoms with Gasteiger partial charge in [-0.25, -0.2) is 0 Å². The van der Waals surface area contributed by atoms with E-state index in [1.165, 1.54) is 0 Å². The zero-order valence-electron chi connectivity index (χ0n) is 7.35. The second kappa shape index (κ2) is 5.24. The normalized spacial score (nSPS) is 8.08. The highest BCUT2D eigenvalue weighted by Crippen LogP contribution is 1.99. The lowest BCUT2D eigenvalue weighted by atomic mass is 10.7. The molecule has 0 saturated carbocycles. The van der Waals surface area contributed by atoms with Crippen molar-refractivity contribution in [1.29, 1.82) is 0 Å². The third kappa shape index (κ3) is 3.66. The van der Waals surface area contributed by atoms with Crippen LogP contribution in [0.3, 0.4) is 0 Å². The first kappa shape index (κ1) is 10.6. The van der Waals surface area contributed by atoms with Crippen LogP contribution in [0.2, 0.25) is 6.55 Å². The third-order valence-corrected chi connectivity index (χ3v) is 3.42. The van der Waals surface area contributed by atoms with Gasteiger partial charge < -0.3 is 0 Å². The Morgan fingerprint density at radius 2 is 1.42 bits per heavy atom. The predicted molar refractivity (Wildman–Crippen MR) is 57.8 cm³/mol. The van der Waals surface area contributed by atoms with Gasteiger partial charge in [-0.3, -0.25) is 0 Å². The molecule has 0 rings (SSSR count). The Morgan fingerprint density at radius 1 is 1.00 bits per heavy atom. The van der Waals surface area contributed by atoms with Crippen LogP contribution >= 0.6 is 0 Å². The quantitative estimate of drug-likeness (QED) is 0.420. The van der Waals surface area contributed by atoms with Gasteiger partial charge >= 0.3 is 0 Å². The SMILES string of the molecule is C=CC#C[Si](C)(C#CC=C)C=C. The summed E-state index contributed by atoms with van der Waals surface area (Å²) in [5, 5.41) is 0. The summed E-state index contributed by atoms with van der Waals surface area (Å²) in [6.45, 7) is 12.8. The molecule has 0 spiro atoms. The Kier molecular flexibility index (Phi) is 4.61. The summed E-state index contributed by atoms with van der Waals surface area (Å²) in [5.41, 5.74) is 7.97. The van der Waals surface area contributed by atoms with Gasteiger partial charge in [0, 0.05) is 0 Å². The molecule has 0 bridgehead atoms. The van der Waals surface area contributed by atoms with E-state index < -0.39 is 8.07 Å². The van der Waals surface area contributed by atoms with Crippen LogP contribution in [0.4, 0.5) is 0 Å². The van der Waals surface area contributed by atoms with E-state index in [-0.39, 0.29) is 0 Å². The molecule has 0 nitrogen and oxygen atoms in total. The van der Waals surface area contributed by atoms with Crippen molar-refractivity contribution in [2.75, 3.05) is 0 Å². The fraction of sp³-hybridized carbons (Fsp3) is 0.0909. The van der Waals surface area contributed by atoms with Crippen LogP contribution in [0.1, 0.15) is 0 Å². The van der Waals surface area contributed by atoms with Crippen molar-refractivity contribution < 1.29 is 0 Å². The lowest BCUT2D eigenvalue weighted by Crippen LogP contribution is -2.23. The van der Waals surface area contributed by atoms with Crippen LogP contribution < -0.4 is 0 Å². The first-order valence-corrected chi connectivity index (χ1v) is 6.17. The highest BCUT2D eigenvalue weighted by Gasteiger charge is 2.16. The van der Waals surface area contributed by atoms with Crippen LogP contribution in [0, 0.1) is 22.9 Å². The average Bonchev–Trinajstić information content (AvgIpc) is 2.11. The van der Waals surface area contributed by atoms with Crippen LogP contribution in [-0.2, 0) is 0 Å². The van der Waals surface area contributed by atoms with Crippen molar-refractivity contribution in [2.24, 2.45) is 0 Å². The lowest BCUT2D eigenvalue weighted by molar-refractivity contribution is 2.04. The van der Waals surface area contributed by atoms with Crippen molar-refractivity contribution in [1.82, 2.24) is 0 Å². The highest BCUT2D eigenvalue weighted by atomic mass is 28.3. The van der Waals surface area contributed by atoms with Gasteiger partial charge in [0.05, 0.1) is 0 Å². The Bertz CT molecular complexity index is 275. The number of hydrogen-bond acceptors (Lipinski definition) is 0. The molecule has 0 aromatic carbocycles. The lowest BCUT2D eigenvalue weighted by Gasteiger charge is -2.04. The second-order valence-corrected chi connectivity index (χ2v) is 5.67. The zero-order valence-corrected chi connectivity index (χ0v) is 8.35. The topological polar surface area (TPSA) is 0 Å². The van der Waals surface area contributed by atoms with Gasteiger partial charge in [0.15, 0.2) is 0 Å². The summed E-state index contributed by atoms with van der Waals surface area (Å²) in [7, 11) is -1.87. The molecule has 1 heteroatoms. The van der Waals surface area contributed by atoms with Crippen molar-refractivity contribution in [3.8, 4) is 22.9 Å². The minimum atomic E-state index is -1.87. The van der Waals surface area contributed by atoms with Gasteiger partial charge in [-0.2, -0.15) is 0 Å². The maximum Gasteiger partial charge on any atom is 0.236 e. The number of rotatable bonds is 1. The first-order valence-electron chi connectivity index (χ1n) is 3.59. The van der Waals surface area contributed by atoms with Crippen molar-refractivity contribution in [2.45, 2.75) is 6.55 Å². The zero-order chi connectivity index (χ0) is 9.45. The van der Waals surface area contributed by atoms with Crippen molar-refractivity contribution in [3.63, 3.8) is 0 Å². The van der Waals surface area contributed by atoms with Crippen LogP contribution in [0.5, 0.6) is 0 Å². The number of hydrogen-bond donors (Lipinski definition) is 0. The smallest absolute Gasteiger partial charge is 0.106 e. The van der Waals surface area contributed by atoms with Gasteiger partial charge in [-0.1, -0.05) is 30.7 Å². The fourth-order valence-electron chi connectivity index (χ4n) is 0.535. The molecule has 0 atom stereocenters. The van der Waals surface area contributed by atoms with E-state index in [1.54, 1.807) is 12.2 Å². The molecule has 0 N–H and O–H groups in total. The summed E-state index contributed by atoms with van der Waals surface area (Å²) in [6.07, 6.45) is 3.15. The molecule has 0 amide bonds. The molecule has 0 aliphatic rings. The van der Waals surface area contributed by atoms with Crippen LogP contribution in [0.15, 0.2) is 37.6 Å². The number of allylic oxidation sites excluding steroid dienone is 2. The van der Waals surface area contributed by atoms with E-state index in [9.17, 15) is 0 Å². The summed E-state index contributed by atoms with van der Waals surface area (Å²) < 4.78 is 0. The summed E-state index contributed by atoms with van der Waals surface area (Å²) in [5.74, 6) is 5.63. The molecule has 0 aromatic heterocycles. The van der Waals surface area contributed by atoms with E-state index in [0.717, 1.165) is 0 Å². The largest absolute Gasteiger partial charge is 0.236 e. The summed E-state index contributed by atoms with van der Waals surface area (Å²) in [6, 6.07) is 0. The molecule has 60 valence electrons. The predicted octanol–water partition coefficient (Wildman–Crippen LogP) is 2.25. The monoisotopic (exact) mass is 172 g/mol. The van der Waals surface area contributed by atoms with E-state index >= 15 is 0 Å². The van der Waals surface area contributed by atoms with E-state index in [2.05, 4.69) is 42.7 Å². The van der Waals surface area contributed by atoms with Gasteiger partial charge in [0.1, 0.15) is 0 Å². The maximum atomic E-state index is 3.73. The minimum Gasteiger partial charge on any atom is -0.106 e. The Hall–Kier alpha value is -1.44. The molecule has 0 unspecified atom stereocenters. The Labute approximate surface area is 75.7 Å². The Morgan fingerprint density at radius 3 is 1.67 bits per heavy atom. The van der Waals surface area contributed by atoms with Crippen LogP contribution in [-0.4, -0.2) is 8.07 Å². The summed E-state index contributed by atoms with van der Waals surface area (Å²) >= 11 is 0. The second-order valence-electron chi connectivity index (χ2n) is 2.35. The maximum absolute atomic E-state index is 3.73. The van der Waals surface area contributed by atoms with E-state index in [4.69, 9.17) is 0 Å². The molecular weight excluding hydrogens is 160 g/mol. The average molecular weight is 172 g/mol. The molecule has 0 fully saturated rings. The van der Waals surface area contributed by atoms with E-state index in [0.29, 0.717) is 0 Å². The highest BCUT2D eigenvalue weighted by molar-refractivity contribution is 6.97. The molecule has 0 aliphatic carbocycles. The molecule has 12 heavy (non-hydrogen) atoms. The standard InChI is InChI=1S/C11H12Si/c1-5-8-10-12(4,7-3)11-9-6-2/h5-7H,1-3H2,4H3. The van der Waals surface area contributed by atoms with E-state index in [1.807, 2.05) is 12.2 Å². The molecular formula is C11H12Si. The van der Waals surface area contributed by atoms with Gasteiger partial charge in [-0.15, -0.1) is 17.7 Å². The first-order chi connectivity index (χ1) is 5.68. The van der Waals surface area contributed by atoms with Crippen LogP contribution in [0.25, 0.3) is 0 Å². The third-order valence-electron chi connectivity index (χ3n) is 1.28. The fourth-order valence-corrected chi connectivity index (χ4v) is 1.61. The molecule has 0 radical (unpaired) electrons. The molecule has 0 heterocycles. The van der Waals surface area contributed by atoms with Gasteiger partial charge in [0.25, 0.3) is 0 Å². The van der Waals surface area contributed by atoms with Gasteiger partial charge in [-0.05, 0) is 18.7 Å². The van der Waals surface area contributed by atoms with Crippen molar-refractivity contribution >= 4 is 8.07 Å². The van der Waals surface area contributed by atoms with Gasteiger partial charge in [0.2, 0.25) is 8.07 Å². The Balaban J connectivity index is 4.78. The summed E-state index contributed by atoms with van der Waals surface area (Å²) in [4.78, 5) is 0. The molecule has 0 aliphatic heterocycles. The molecule has 0 aromatic rings.